The Morgan fingerprint density at radius 2 is 0.868 bits per heavy atom. The van der Waals surface area contributed by atoms with E-state index in [0.717, 1.165) is 88.1 Å². The van der Waals surface area contributed by atoms with Crippen molar-refractivity contribution >= 4 is 128 Å². The van der Waals surface area contributed by atoms with Gasteiger partial charge in [0.05, 0.1) is 131 Å². The van der Waals surface area contributed by atoms with Crippen LogP contribution in [0, 0.1) is 38.5 Å². The van der Waals surface area contributed by atoms with Crippen molar-refractivity contribution in [3.8, 4) is 43.8 Å². The van der Waals surface area contributed by atoms with Gasteiger partial charge in [-0.2, -0.15) is 0 Å². The van der Waals surface area contributed by atoms with E-state index in [1.165, 1.54) is 9.80 Å². The number of nitrogens with zero attached hydrogens (tertiary/aromatic N) is 14. The average molecular weight is 2030 g/mol. The number of carbonyl (C=O) groups excluding carboxylic acids is 6. The number of fused-ring (bicyclic) bond motifs is 2. The normalized spacial score (nSPS) is 16.9. The smallest absolute Gasteiger partial charge is 0.491 e. The quantitative estimate of drug-likeness (QED) is 0.0101. The van der Waals surface area contributed by atoms with Crippen LogP contribution in [0.15, 0.2) is 157 Å². The second-order valence-corrected chi connectivity index (χ2v) is 41.6. The second-order valence-electron chi connectivity index (χ2n) is 39.6. The van der Waals surface area contributed by atoms with Crippen LogP contribution in [0.5, 0.6) is 11.5 Å². The van der Waals surface area contributed by atoms with Crippen LogP contribution in [0.2, 0.25) is 5.28 Å². The molecule has 4 aromatic carbocycles. The highest BCUT2D eigenvalue weighted by Crippen LogP contribution is 2.39. The van der Waals surface area contributed by atoms with Crippen molar-refractivity contribution in [3.05, 3.63) is 197 Å². The van der Waals surface area contributed by atoms with Gasteiger partial charge in [0.15, 0.2) is 5.82 Å². The Hall–Kier alpha value is -12.4. The molecule has 766 valence electrons. The van der Waals surface area contributed by atoms with Crippen molar-refractivity contribution in [2.45, 2.75) is 223 Å². The third-order valence-electron chi connectivity index (χ3n) is 25.2. The first kappa shape index (κ1) is 109. The molecule has 40 heteroatoms. The Labute approximate surface area is 853 Å². The zero-order valence-corrected chi connectivity index (χ0v) is 87.7. The summed E-state index contributed by atoms with van der Waals surface area (Å²) in [5.74, 6) is 3.78. The van der Waals surface area contributed by atoms with Gasteiger partial charge in [-0.1, -0.05) is 102 Å². The van der Waals surface area contributed by atoms with Gasteiger partial charge in [-0.3, -0.25) is 28.8 Å². The summed E-state index contributed by atoms with van der Waals surface area (Å²) in [5.41, 5.74) is 12.7. The Morgan fingerprint density at radius 3 is 1.26 bits per heavy atom. The number of hydrogen-bond acceptors (Lipinski definition) is 30. The van der Waals surface area contributed by atoms with Gasteiger partial charge in [-0.15, -0.1) is 22.7 Å². The SMILES string of the molecule is Cc1nc2cnc(Nc3ccnc(Cl)n3)cc2n1C(C)C.Cc1ncsc1-c1ccc([C@H](C)NC(=O)[C@H]2C[C@H](O)CN2C(=O)[C@@H](NC(=O)COCCOCCOc2ccc(-c3nccc(Nc4cc5c(cn4)nc(C)n5C(C)C)n3)cc2)C(C)(C)C)cc1.Cc1ncsc1-c1ccc([C@H](C)NC(=O)[C@H]2C[C@H](O)CN2C(=O)[C@@H](NC(=O)COCCOCCOc2ccc(B3OC(C)(C)C(C)(C)O3)cc2)C(C)(C)C)cc1. The number of amides is 6. The van der Waals surface area contributed by atoms with E-state index in [4.69, 9.17) is 54.3 Å². The molecule has 0 radical (unpaired) electrons. The molecule has 11 heterocycles. The van der Waals surface area contributed by atoms with Crippen LogP contribution in [0.3, 0.4) is 0 Å². The fourth-order valence-electron chi connectivity index (χ4n) is 17.0. The molecule has 0 bridgehead atoms. The van der Waals surface area contributed by atoms with E-state index in [1.807, 2.05) is 231 Å². The predicted molar refractivity (Wildman–Crippen MR) is 556 cm³/mol. The molecule has 0 saturated carbocycles. The molecule has 15 rings (SSSR count). The van der Waals surface area contributed by atoms with E-state index in [1.54, 1.807) is 59.6 Å². The Morgan fingerprint density at radius 1 is 0.479 bits per heavy atom. The summed E-state index contributed by atoms with van der Waals surface area (Å²) < 4.78 is 50.6. The van der Waals surface area contributed by atoms with Gasteiger partial charge >= 0.3 is 7.12 Å². The number of benzene rings is 4. The number of aromatic nitrogens is 12. The topological polar surface area (TPSA) is 434 Å². The zero-order valence-electron chi connectivity index (χ0n) is 85.3. The van der Waals surface area contributed by atoms with Crippen molar-refractivity contribution in [2.75, 3.05) is 89.8 Å². The molecule has 0 spiro atoms. The lowest BCUT2D eigenvalue weighted by molar-refractivity contribution is -0.144. The van der Waals surface area contributed by atoms with E-state index in [2.05, 4.69) is 114 Å². The van der Waals surface area contributed by atoms with Crippen LogP contribution < -0.4 is 46.8 Å². The number of aryl methyl sites for hydroxylation is 4. The highest BCUT2D eigenvalue weighted by molar-refractivity contribution is 7.13. The Kier molecular flexibility index (Phi) is 36.7. The minimum absolute atomic E-state index is 0.0130. The van der Waals surface area contributed by atoms with Crippen molar-refractivity contribution in [3.63, 3.8) is 0 Å². The first-order valence-electron chi connectivity index (χ1n) is 48.3. The number of β-amino-alcohol motifs (C(OH)–C–C–N with tert-alkyl or cyclic N) is 2. The lowest BCUT2D eigenvalue weighted by atomic mass is 9.79. The van der Waals surface area contributed by atoms with Crippen LogP contribution in [0.4, 0.5) is 23.3 Å². The second kappa shape index (κ2) is 48.5. The highest BCUT2D eigenvalue weighted by atomic mass is 35.5. The van der Waals surface area contributed by atoms with Crippen LogP contribution in [-0.4, -0.2) is 248 Å². The van der Waals surface area contributed by atoms with E-state index in [0.29, 0.717) is 73.1 Å². The third-order valence-corrected chi connectivity index (χ3v) is 27.3. The Balaban J connectivity index is 0.000000202. The lowest BCUT2D eigenvalue weighted by Crippen LogP contribution is -2.58. The van der Waals surface area contributed by atoms with Crippen molar-refractivity contribution in [2.24, 2.45) is 10.8 Å². The van der Waals surface area contributed by atoms with Gasteiger partial charge in [-0.05, 0) is 196 Å². The summed E-state index contributed by atoms with van der Waals surface area (Å²) in [4.78, 5) is 130. The zero-order chi connectivity index (χ0) is 104. The van der Waals surface area contributed by atoms with Crippen molar-refractivity contribution in [1.29, 1.82) is 0 Å². The fraction of sp³-hybridized carbons (Fsp3) is 0.462. The molecule has 0 aliphatic carbocycles. The third kappa shape index (κ3) is 28.4. The standard InChI is InChI=1S/C49H60N10O7S.C41H57BN4O9S.C14H15ClN6/c1-29(2)59-32(5)54-38-25-51-42(24-39(38)59)55-41-17-18-50-46(56-41)35-13-15-37(16-14-35)66-22-21-64-19-20-65-27-43(61)57-45(49(6,7)8)48(63)58-26-36(60)23-40(58)47(62)53-30(3)33-9-11-34(12-10-33)44-31(4)52-28-67-44;1-26(28-10-12-29(13-11-28)35-27(2)43-25-56-35)44-37(49)33-22-31(47)23-46(33)38(50)36(39(3,4)5)45-34(48)24-52-19-18-51-20-21-53-32-16-14-30(15-17-32)42-54-40(6,7)41(8,9)55-42;1-8(2)21-9(3)18-10-7-17-13(6-11(10)21)19-12-4-5-16-14(15)20-12/h9-18,24-25,28-30,36,40,45,60H,19-23,26-27H2,1-8H3,(H,53,62)(H,57,61)(H,50,51,55,56);10-17,25-26,31,33,36,47H,18-24H2,1-9H3,(H,44,49)(H,45,48);4-8H,1-3H3,(H,16,17,19,20)/t30-,36-,40+,45+;26-,31-,33+,36+;/m00./s1. The van der Waals surface area contributed by atoms with E-state index >= 15 is 0 Å². The van der Waals surface area contributed by atoms with E-state index < -0.39 is 89.2 Å². The summed E-state index contributed by atoms with van der Waals surface area (Å²) in [6.45, 7) is 40.7. The molecular weight excluding hydrogens is 1900 g/mol. The van der Waals surface area contributed by atoms with Crippen LogP contribution in [0.25, 0.3) is 54.3 Å². The minimum Gasteiger partial charge on any atom is -0.491 e. The predicted octanol–water partition coefficient (Wildman–Crippen LogP) is 14.4. The maximum atomic E-state index is 14.0. The summed E-state index contributed by atoms with van der Waals surface area (Å²) in [5, 5.41) is 39.5. The molecular formula is C104H132BClN20O16S2. The van der Waals surface area contributed by atoms with Crippen LogP contribution >= 0.6 is 34.3 Å². The molecule has 8 aromatic heterocycles. The van der Waals surface area contributed by atoms with Crippen LogP contribution in [-0.2, 0) is 57.0 Å². The Bertz CT molecular complexity index is 6360. The molecule has 8 atom stereocenters. The molecule has 144 heavy (non-hydrogen) atoms. The molecule has 3 aliphatic rings. The molecule has 0 unspecified atom stereocenters. The molecule has 8 N–H and O–H groups in total. The van der Waals surface area contributed by atoms with E-state index in [9.17, 15) is 39.0 Å². The number of anilines is 4. The largest absolute Gasteiger partial charge is 0.494 e. The molecule has 36 nitrogen and oxygen atoms in total. The maximum absolute atomic E-state index is 14.0. The van der Waals surface area contributed by atoms with Gasteiger partial charge in [0.1, 0.15) is 108 Å². The molecule has 3 saturated heterocycles. The summed E-state index contributed by atoms with van der Waals surface area (Å²) >= 11 is 8.93. The molecule has 12 aromatic rings. The number of thiazole rings is 2. The number of aliphatic hydroxyl groups excluding tert-OH is 2. The lowest BCUT2D eigenvalue weighted by Gasteiger charge is -2.35. The number of carbonyl (C=O) groups is 6. The number of likely N-dealkylation sites (tertiary alicyclic amines) is 2. The fourth-order valence-corrected chi connectivity index (χ4v) is 18.7. The minimum atomic E-state index is -0.975. The van der Waals surface area contributed by atoms with Gasteiger partial charge < -0.3 is 98.8 Å². The van der Waals surface area contributed by atoms with Crippen molar-refractivity contribution < 1.29 is 76.7 Å². The molecule has 6 amide bonds. The van der Waals surface area contributed by atoms with Gasteiger partial charge in [-0.25, -0.2) is 49.8 Å². The molecule has 3 aliphatic heterocycles. The monoisotopic (exact) mass is 2030 g/mol. The van der Waals surface area contributed by atoms with Crippen LogP contribution in [0.1, 0.15) is 182 Å². The number of ether oxygens (including phenoxy) is 6. The number of halogens is 1. The average Bonchev–Trinajstić information content (AvgIpc) is 1.64. The first-order valence-corrected chi connectivity index (χ1v) is 50.4. The number of pyridine rings is 2. The molecule has 3 fully saturated rings. The van der Waals surface area contributed by atoms with Crippen molar-refractivity contribution in [1.82, 2.24) is 90.0 Å². The number of imidazole rings is 2. The summed E-state index contributed by atoms with van der Waals surface area (Å²) in [6.07, 6.45) is 5.25. The van der Waals surface area contributed by atoms with Gasteiger partial charge in [0, 0.05) is 68.1 Å². The number of nitrogens with one attached hydrogen (secondary N) is 6. The number of rotatable bonds is 38. The van der Waals surface area contributed by atoms with E-state index in [-0.39, 0.29) is 101 Å². The first-order chi connectivity index (χ1) is 68.4. The maximum Gasteiger partial charge on any atom is 0.494 e. The van der Waals surface area contributed by atoms with Gasteiger partial charge in [0.2, 0.25) is 40.7 Å². The number of aliphatic hydroxyl groups is 2. The summed E-state index contributed by atoms with van der Waals surface area (Å²) in [7, 11) is -0.437. The van der Waals surface area contributed by atoms with Gasteiger partial charge in [0.25, 0.3) is 0 Å². The highest BCUT2D eigenvalue weighted by Gasteiger charge is 2.52. The summed E-state index contributed by atoms with van der Waals surface area (Å²) in [6, 6.07) is 34.5. The number of hydrogen-bond donors (Lipinski definition) is 8.